The Balaban J connectivity index is 2.76. The van der Waals surface area contributed by atoms with Crippen molar-refractivity contribution in [1.29, 1.82) is 0 Å². The lowest BCUT2D eigenvalue weighted by Gasteiger charge is -2.35. The van der Waals surface area contributed by atoms with Crippen molar-refractivity contribution < 1.29 is 14.6 Å². The van der Waals surface area contributed by atoms with Crippen LogP contribution in [0.1, 0.15) is 40.5 Å². The summed E-state index contributed by atoms with van der Waals surface area (Å²) in [6.07, 6.45) is 2.79. The molecule has 1 unspecified atom stereocenters. The predicted octanol–water partition coefficient (Wildman–Crippen LogP) is 2.32. The molecule has 1 heterocycles. The molecule has 1 amide bonds. The van der Waals surface area contributed by atoms with Gasteiger partial charge in [0, 0.05) is 6.54 Å². The van der Waals surface area contributed by atoms with Gasteiger partial charge in [0.2, 0.25) is 0 Å². The van der Waals surface area contributed by atoms with Crippen molar-refractivity contribution in [3.05, 3.63) is 12.7 Å². The van der Waals surface area contributed by atoms with Gasteiger partial charge in [0.25, 0.3) is 0 Å². The maximum atomic E-state index is 12.0. The van der Waals surface area contributed by atoms with E-state index in [2.05, 4.69) is 6.58 Å². The molecule has 0 saturated carbocycles. The summed E-state index contributed by atoms with van der Waals surface area (Å²) >= 11 is 0. The molecule has 0 spiro atoms. The van der Waals surface area contributed by atoms with Crippen LogP contribution >= 0.6 is 0 Å². The van der Waals surface area contributed by atoms with Crippen molar-refractivity contribution in [1.82, 2.24) is 4.90 Å². The summed E-state index contributed by atoms with van der Waals surface area (Å²) in [7, 11) is 0. The Kier molecular flexibility index (Phi) is 3.87. The second-order valence-corrected chi connectivity index (χ2v) is 5.76. The van der Waals surface area contributed by atoms with Crippen LogP contribution in [0, 0.1) is 0 Å². The van der Waals surface area contributed by atoms with Gasteiger partial charge in [-0.1, -0.05) is 6.08 Å². The fraction of sp³-hybridized carbons (Fsp3) is 0.769. The van der Waals surface area contributed by atoms with Gasteiger partial charge in [-0.25, -0.2) is 4.79 Å². The minimum Gasteiger partial charge on any atom is -0.444 e. The third-order valence-corrected chi connectivity index (χ3v) is 2.97. The van der Waals surface area contributed by atoms with Gasteiger partial charge in [0.1, 0.15) is 11.2 Å². The van der Waals surface area contributed by atoms with Crippen molar-refractivity contribution in [3.63, 3.8) is 0 Å². The number of carbonyl (C=O) groups is 1. The summed E-state index contributed by atoms with van der Waals surface area (Å²) in [6, 6.07) is -0.241. The molecule has 1 aliphatic heterocycles. The van der Waals surface area contributed by atoms with Crippen LogP contribution in [0.2, 0.25) is 0 Å². The molecule has 0 radical (unpaired) electrons. The summed E-state index contributed by atoms with van der Waals surface area (Å²) in [4.78, 5) is 13.6. The first-order valence-electron chi connectivity index (χ1n) is 6.03. The Morgan fingerprint density at radius 1 is 1.47 bits per heavy atom. The Bertz CT molecular complexity index is 304. The first-order chi connectivity index (χ1) is 7.67. The average Bonchev–Trinajstić information content (AvgIpc) is 2.63. The zero-order valence-corrected chi connectivity index (χ0v) is 11.2. The van der Waals surface area contributed by atoms with Crippen molar-refractivity contribution in [3.8, 4) is 0 Å². The number of nitrogens with zero attached hydrogens (tertiary/aromatic N) is 1. The molecule has 98 valence electrons. The Hall–Kier alpha value is -1.03. The number of hydrogen-bond donors (Lipinski definition) is 1. The van der Waals surface area contributed by atoms with E-state index >= 15 is 0 Å². The first-order valence-corrected chi connectivity index (χ1v) is 6.03. The van der Waals surface area contributed by atoms with Crippen LogP contribution in [-0.4, -0.2) is 39.9 Å². The standard InChI is InChI=1S/C13H23NO3/c1-6-13(5,16)10-8-7-9-14(10)11(15)17-12(2,3)4/h6,10,16H,1,7-9H2,2-5H3/t10-,13?/m0/s1. The maximum Gasteiger partial charge on any atom is 0.410 e. The van der Waals surface area contributed by atoms with E-state index in [1.54, 1.807) is 11.8 Å². The van der Waals surface area contributed by atoms with E-state index in [1.807, 2.05) is 20.8 Å². The maximum absolute atomic E-state index is 12.0. The van der Waals surface area contributed by atoms with Crippen molar-refractivity contribution >= 4 is 6.09 Å². The molecule has 1 aliphatic rings. The van der Waals surface area contributed by atoms with E-state index in [-0.39, 0.29) is 12.1 Å². The zero-order chi connectivity index (χ0) is 13.3. The second-order valence-electron chi connectivity index (χ2n) is 5.76. The smallest absolute Gasteiger partial charge is 0.410 e. The molecule has 1 fully saturated rings. The Labute approximate surface area is 103 Å². The summed E-state index contributed by atoms with van der Waals surface area (Å²) in [5.74, 6) is 0. The number of ether oxygens (including phenoxy) is 1. The van der Waals surface area contributed by atoms with Gasteiger partial charge in [-0.05, 0) is 40.5 Å². The van der Waals surface area contributed by atoms with Gasteiger partial charge in [0.15, 0.2) is 0 Å². The topological polar surface area (TPSA) is 49.8 Å². The van der Waals surface area contributed by atoms with Crippen LogP contribution in [0.3, 0.4) is 0 Å². The Morgan fingerprint density at radius 2 is 2.06 bits per heavy atom. The number of aliphatic hydroxyl groups is 1. The van der Waals surface area contributed by atoms with Crippen molar-refractivity contribution in [2.75, 3.05) is 6.54 Å². The van der Waals surface area contributed by atoms with Gasteiger partial charge in [-0.15, -0.1) is 6.58 Å². The number of hydrogen-bond acceptors (Lipinski definition) is 3. The number of rotatable bonds is 2. The highest BCUT2D eigenvalue weighted by molar-refractivity contribution is 5.69. The molecule has 17 heavy (non-hydrogen) atoms. The summed E-state index contributed by atoms with van der Waals surface area (Å²) in [5.41, 5.74) is -1.57. The minimum absolute atomic E-state index is 0.241. The van der Waals surface area contributed by atoms with Crippen LogP contribution in [-0.2, 0) is 4.74 Å². The molecular formula is C13H23NO3. The molecule has 0 aromatic carbocycles. The quantitative estimate of drug-likeness (QED) is 0.755. The molecule has 4 heteroatoms. The van der Waals surface area contributed by atoms with Crippen LogP contribution in [0.5, 0.6) is 0 Å². The molecule has 1 saturated heterocycles. The summed E-state index contributed by atoms with van der Waals surface area (Å²) in [5, 5.41) is 10.2. The van der Waals surface area contributed by atoms with Crippen LogP contribution < -0.4 is 0 Å². The van der Waals surface area contributed by atoms with Gasteiger partial charge < -0.3 is 14.7 Å². The molecule has 4 nitrogen and oxygen atoms in total. The molecule has 0 aromatic heterocycles. The lowest BCUT2D eigenvalue weighted by Crippen LogP contribution is -2.50. The highest BCUT2D eigenvalue weighted by Crippen LogP contribution is 2.29. The van der Waals surface area contributed by atoms with E-state index < -0.39 is 11.2 Å². The largest absolute Gasteiger partial charge is 0.444 e. The monoisotopic (exact) mass is 241 g/mol. The third-order valence-electron chi connectivity index (χ3n) is 2.97. The van der Waals surface area contributed by atoms with E-state index in [0.717, 1.165) is 12.8 Å². The van der Waals surface area contributed by atoms with Gasteiger partial charge in [0.05, 0.1) is 6.04 Å². The van der Waals surface area contributed by atoms with Crippen LogP contribution in [0.15, 0.2) is 12.7 Å². The zero-order valence-electron chi connectivity index (χ0n) is 11.2. The van der Waals surface area contributed by atoms with E-state index in [4.69, 9.17) is 4.74 Å². The van der Waals surface area contributed by atoms with E-state index in [0.29, 0.717) is 6.54 Å². The Morgan fingerprint density at radius 3 is 2.53 bits per heavy atom. The van der Waals surface area contributed by atoms with Gasteiger partial charge in [-0.2, -0.15) is 0 Å². The van der Waals surface area contributed by atoms with E-state index in [9.17, 15) is 9.90 Å². The lowest BCUT2D eigenvalue weighted by atomic mass is 9.95. The fourth-order valence-electron chi connectivity index (χ4n) is 2.05. The van der Waals surface area contributed by atoms with Crippen LogP contribution in [0.25, 0.3) is 0 Å². The molecule has 1 rings (SSSR count). The van der Waals surface area contributed by atoms with Crippen molar-refractivity contribution in [2.45, 2.75) is 57.8 Å². The van der Waals surface area contributed by atoms with Gasteiger partial charge in [-0.3, -0.25) is 0 Å². The number of likely N-dealkylation sites (tertiary alicyclic amines) is 1. The van der Waals surface area contributed by atoms with Crippen LogP contribution in [0.4, 0.5) is 4.79 Å². The molecule has 2 atom stereocenters. The van der Waals surface area contributed by atoms with Crippen molar-refractivity contribution in [2.24, 2.45) is 0 Å². The summed E-state index contributed by atoms with van der Waals surface area (Å²) in [6.45, 7) is 11.4. The highest BCUT2D eigenvalue weighted by atomic mass is 16.6. The number of amides is 1. The highest BCUT2D eigenvalue weighted by Gasteiger charge is 2.41. The number of carbonyl (C=O) groups excluding carboxylic acids is 1. The molecule has 0 aromatic rings. The lowest BCUT2D eigenvalue weighted by molar-refractivity contribution is -0.0114. The summed E-state index contributed by atoms with van der Waals surface area (Å²) < 4.78 is 5.33. The SMILES string of the molecule is C=CC(C)(O)[C@@H]1CCCN1C(=O)OC(C)(C)C. The molecular weight excluding hydrogens is 218 g/mol. The molecule has 1 N–H and O–H groups in total. The van der Waals surface area contributed by atoms with E-state index in [1.165, 1.54) is 6.08 Å². The first kappa shape index (κ1) is 14.0. The van der Waals surface area contributed by atoms with Gasteiger partial charge >= 0.3 is 6.09 Å². The molecule has 0 aliphatic carbocycles. The minimum atomic E-state index is -1.06. The molecule has 0 bridgehead atoms. The normalized spacial score (nSPS) is 24.3. The average molecular weight is 241 g/mol. The predicted molar refractivity (Wildman–Crippen MR) is 66.8 cm³/mol. The second kappa shape index (κ2) is 4.69. The fourth-order valence-corrected chi connectivity index (χ4v) is 2.05. The third kappa shape index (κ3) is 3.46.